The number of nitrogens with one attached hydrogen (secondary N) is 1. The van der Waals surface area contributed by atoms with Crippen molar-refractivity contribution in [2.45, 2.75) is 89.7 Å². The molecule has 0 unspecified atom stereocenters. The topological polar surface area (TPSA) is 144 Å². The molecule has 0 saturated carbocycles. The highest BCUT2D eigenvalue weighted by Crippen LogP contribution is 2.22. The van der Waals surface area contributed by atoms with Crippen molar-refractivity contribution in [2.75, 3.05) is 19.8 Å². The molecule has 0 aromatic rings. The quantitative estimate of drug-likeness (QED) is 0.292. The van der Waals surface area contributed by atoms with E-state index in [0.29, 0.717) is 13.0 Å². The molecule has 29 heavy (non-hydrogen) atoms. The lowest BCUT2D eigenvalue weighted by Crippen LogP contribution is -2.59. The molecule has 0 spiro atoms. The van der Waals surface area contributed by atoms with Gasteiger partial charge in [-0.25, -0.2) is 4.79 Å². The van der Waals surface area contributed by atoms with Crippen LogP contribution in [0.1, 0.15) is 53.4 Å². The molecule has 5 atom stereocenters. The van der Waals surface area contributed by atoms with E-state index in [-0.39, 0.29) is 19.6 Å². The highest BCUT2D eigenvalue weighted by atomic mass is 16.7. The van der Waals surface area contributed by atoms with E-state index in [1.807, 2.05) is 6.92 Å². The van der Waals surface area contributed by atoms with Crippen LogP contribution < -0.4 is 5.32 Å². The van der Waals surface area contributed by atoms with Crippen LogP contribution in [0.2, 0.25) is 0 Å². The number of rotatable bonds is 10. The van der Waals surface area contributed by atoms with E-state index in [4.69, 9.17) is 18.9 Å². The molecule has 170 valence electrons. The van der Waals surface area contributed by atoms with Gasteiger partial charge in [-0.15, -0.1) is 0 Å². The molecule has 0 bridgehead atoms. The first-order valence-corrected chi connectivity index (χ1v) is 9.99. The van der Waals surface area contributed by atoms with Crippen molar-refractivity contribution >= 4 is 12.1 Å². The number of alkyl carbamates (subject to hydrolysis) is 1. The van der Waals surface area contributed by atoms with E-state index in [9.17, 15) is 24.9 Å². The average Bonchev–Trinajstić information content (AvgIpc) is 2.63. The van der Waals surface area contributed by atoms with Gasteiger partial charge >= 0.3 is 12.1 Å². The standard InChI is InChI=1S/C19H35NO9/c1-5-6-10-26-17-16(24)15(23)14(22)12(28-17)11-27-13(21)8-7-9-20-18(25)29-19(2,3)4/h12,14-17,22-24H,5-11H2,1-4H3,(H,20,25)/t12-,14-,15+,16-,17+/m1/s1. The third kappa shape index (κ3) is 9.72. The molecular weight excluding hydrogens is 386 g/mol. The summed E-state index contributed by atoms with van der Waals surface area (Å²) in [6, 6.07) is 0. The number of unbranched alkanes of at least 4 members (excludes halogenated alkanes) is 1. The molecule has 0 aromatic heterocycles. The van der Waals surface area contributed by atoms with Gasteiger partial charge in [0.25, 0.3) is 0 Å². The van der Waals surface area contributed by atoms with Gasteiger partial charge in [-0.3, -0.25) is 4.79 Å². The van der Waals surface area contributed by atoms with Crippen molar-refractivity contribution < 1.29 is 43.9 Å². The number of ether oxygens (including phenoxy) is 4. The Morgan fingerprint density at radius 2 is 1.76 bits per heavy atom. The summed E-state index contributed by atoms with van der Waals surface area (Å²) in [7, 11) is 0. The minimum Gasteiger partial charge on any atom is -0.463 e. The fraction of sp³-hybridized carbons (Fsp3) is 0.895. The summed E-state index contributed by atoms with van der Waals surface area (Å²) in [4.78, 5) is 23.4. The average molecular weight is 421 g/mol. The first kappa shape index (κ1) is 25.6. The summed E-state index contributed by atoms with van der Waals surface area (Å²) in [6.07, 6.45) is -4.96. The molecule has 10 heteroatoms. The summed E-state index contributed by atoms with van der Waals surface area (Å²) in [5, 5.41) is 32.5. The van der Waals surface area contributed by atoms with Crippen LogP contribution in [0.3, 0.4) is 0 Å². The maximum Gasteiger partial charge on any atom is 0.407 e. The zero-order valence-corrected chi connectivity index (χ0v) is 17.6. The molecular formula is C19H35NO9. The van der Waals surface area contributed by atoms with E-state index in [0.717, 1.165) is 12.8 Å². The SMILES string of the molecule is CCCCO[C@H]1O[C@H](COC(=O)CCCNC(=O)OC(C)(C)C)[C@@H](O)[C@H](O)[C@H]1O. The smallest absolute Gasteiger partial charge is 0.407 e. The number of hydrogen-bond acceptors (Lipinski definition) is 9. The van der Waals surface area contributed by atoms with Crippen LogP contribution in [-0.2, 0) is 23.7 Å². The molecule has 1 aliphatic heterocycles. The van der Waals surface area contributed by atoms with Gasteiger partial charge in [0.1, 0.15) is 36.6 Å². The summed E-state index contributed by atoms with van der Waals surface area (Å²) in [6.45, 7) is 7.51. The minimum absolute atomic E-state index is 0.0419. The van der Waals surface area contributed by atoms with Gasteiger partial charge in [0.05, 0.1) is 0 Å². The van der Waals surface area contributed by atoms with Gasteiger partial charge in [0.2, 0.25) is 0 Å². The van der Waals surface area contributed by atoms with Gasteiger partial charge in [0, 0.05) is 19.6 Å². The molecule has 1 fully saturated rings. The highest BCUT2D eigenvalue weighted by molar-refractivity contribution is 5.70. The van der Waals surface area contributed by atoms with Gasteiger partial charge in [-0.2, -0.15) is 0 Å². The Kier molecular flexibility index (Phi) is 10.8. The van der Waals surface area contributed by atoms with Crippen LogP contribution in [0.15, 0.2) is 0 Å². The van der Waals surface area contributed by atoms with Gasteiger partial charge < -0.3 is 39.6 Å². The lowest BCUT2D eigenvalue weighted by molar-refractivity contribution is -0.301. The predicted molar refractivity (Wildman–Crippen MR) is 102 cm³/mol. The lowest BCUT2D eigenvalue weighted by Gasteiger charge is -2.39. The fourth-order valence-corrected chi connectivity index (χ4v) is 2.52. The first-order chi connectivity index (χ1) is 13.5. The van der Waals surface area contributed by atoms with Crippen LogP contribution >= 0.6 is 0 Å². The molecule has 1 aliphatic rings. The van der Waals surface area contributed by atoms with Gasteiger partial charge in [0.15, 0.2) is 6.29 Å². The van der Waals surface area contributed by atoms with Crippen LogP contribution in [0.5, 0.6) is 0 Å². The highest BCUT2D eigenvalue weighted by Gasteiger charge is 2.44. The van der Waals surface area contributed by atoms with Crippen LogP contribution in [0.25, 0.3) is 0 Å². The molecule has 0 aliphatic carbocycles. The normalized spacial score (nSPS) is 27.3. The molecule has 0 aromatic carbocycles. The Labute approximate surface area is 171 Å². The monoisotopic (exact) mass is 421 g/mol. The zero-order chi connectivity index (χ0) is 22.0. The third-order valence-corrected chi connectivity index (χ3v) is 4.08. The summed E-state index contributed by atoms with van der Waals surface area (Å²) in [5.74, 6) is -0.546. The van der Waals surface area contributed by atoms with Crippen molar-refractivity contribution in [3.63, 3.8) is 0 Å². The molecule has 1 amide bonds. The largest absolute Gasteiger partial charge is 0.463 e. The number of hydrogen-bond donors (Lipinski definition) is 4. The van der Waals surface area contributed by atoms with Crippen molar-refractivity contribution in [3.8, 4) is 0 Å². The Morgan fingerprint density at radius 1 is 1.07 bits per heavy atom. The molecule has 0 radical (unpaired) electrons. The van der Waals surface area contributed by atoms with E-state index in [1.165, 1.54) is 0 Å². The number of esters is 1. The van der Waals surface area contributed by atoms with Gasteiger partial charge in [-0.05, 0) is 33.6 Å². The van der Waals surface area contributed by atoms with Crippen LogP contribution in [0.4, 0.5) is 4.79 Å². The molecule has 1 heterocycles. The Balaban J connectivity index is 2.33. The Hall–Kier alpha value is -1.46. The van der Waals surface area contributed by atoms with Crippen LogP contribution in [-0.4, -0.2) is 83.4 Å². The zero-order valence-electron chi connectivity index (χ0n) is 17.6. The van der Waals surface area contributed by atoms with Gasteiger partial charge in [-0.1, -0.05) is 13.3 Å². The van der Waals surface area contributed by atoms with Crippen molar-refractivity contribution in [3.05, 3.63) is 0 Å². The maximum absolute atomic E-state index is 11.9. The summed E-state index contributed by atoms with van der Waals surface area (Å²) >= 11 is 0. The van der Waals surface area contributed by atoms with Crippen LogP contribution in [0, 0.1) is 0 Å². The fourth-order valence-electron chi connectivity index (χ4n) is 2.52. The number of aliphatic hydroxyl groups excluding tert-OH is 3. The van der Waals surface area contributed by atoms with E-state index >= 15 is 0 Å². The maximum atomic E-state index is 11.9. The first-order valence-electron chi connectivity index (χ1n) is 9.99. The molecule has 1 saturated heterocycles. The second-order valence-electron chi connectivity index (χ2n) is 7.95. The third-order valence-electron chi connectivity index (χ3n) is 4.08. The molecule has 1 rings (SSSR count). The van der Waals surface area contributed by atoms with Crippen molar-refractivity contribution in [2.24, 2.45) is 0 Å². The predicted octanol–water partition coefficient (Wildman–Crippen LogP) is 0.459. The number of aliphatic hydroxyl groups is 3. The molecule has 10 nitrogen and oxygen atoms in total. The number of amides is 1. The van der Waals surface area contributed by atoms with E-state index in [1.54, 1.807) is 20.8 Å². The second kappa shape index (κ2) is 12.3. The summed E-state index contributed by atoms with van der Waals surface area (Å²) in [5.41, 5.74) is -0.597. The second-order valence-corrected chi connectivity index (χ2v) is 7.95. The minimum atomic E-state index is -1.47. The Bertz CT molecular complexity index is 508. The summed E-state index contributed by atoms with van der Waals surface area (Å²) < 4.78 is 21.0. The van der Waals surface area contributed by atoms with E-state index < -0.39 is 48.4 Å². The van der Waals surface area contributed by atoms with E-state index in [2.05, 4.69) is 5.32 Å². The number of carbonyl (C=O) groups is 2. The lowest BCUT2D eigenvalue weighted by atomic mass is 9.99. The molecule has 4 N–H and O–H groups in total. The van der Waals surface area contributed by atoms with Crippen molar-refractivity contribution in [1.82, 2.24) is 5.32 Å². The Morgan fingerprint density at radius 3 is 2.38 bits per heavy atom. The van der Waals surface area contributed by atoms with Crippen molar-refractivity contribution in [1.29, 1.82) is 0 Å². The number of carbonyl (C=O) groups excluding carboxylic acids is 2.